The van der Waals surface area contributed by atoms with Gasteiger partial charge in [0.2, 0.25) is 0 Å². The van der Waals surface area contributed by atoms with Gasteiger partial charge in [-0.3, -0.25) is 8.89 Å². The molecule has 0 saturated carbocycles. The molecule has 1 aromatic carbocycles. The second-order valence-corrected chi connectivity index (χ2v) is 7.40. The number of urea groups is 1. The second kappa shape index (κ2) is 8.10. The number of benzene rings is 1. The highest BCUT2D eigenvalue weighted by Gasteiger charge is 2.15. The molecule has 2 rings (SSSR count). The fourth-order valence-corrected chi connectivity index (χ4v) is 3.44. The Labute approximate surface area is 145 Å². The van der Waals surface area contributed by atoms with Gasteiger partial charge in [0.15, 0.2) is 0 Å². The van der Waals surface area contributed by atoms with Gasteiger partial charge >= 0.3 is 6.03 Å². The first kappa shape index (κ1) is 18.2. The molecule has 1 aromatic heterocycles. The molecule has 1 atom stereocenters. The van der Waals surface area contributed by atoms with Crippen molar-refractivity contribution in [3.63, 3.8) is 0 Å². The SMILES string of the molecule is Cc1nn(C(C)C)c(C)c1NC(=O)NCC[S@@](=O)c1ccccc1. The molecule has 0 radical (unpaired) electrons. The van der Waals surface area contributed by atoms with Crippen molar-refractivity contribution >= 4 is 22.5 Å². The molecule has 0 unspecified atom stereocenters. The van der Waals surface area contributed by atoms with Crippen LogP contribution in [0.15, 0.2) is 35.2 Å². The Kier molecular flexibility index (Phi) is 6.14. The predicted molar refractivity (Wildman–Crippen MR) is 96.8 cm³/mol. The third-order valence-electron chi connectivity index (χ3n) is 3.63. The van der Waals surface area contributed by atoms with Crippen molar-refractivity contribution in [3.05, 3.63) is 41.7 Å². The van der Waals surface area contributed by atoms with Crippen molar-refractivity contribution in [1.82, 2.24) is 15.1 Å². The van der Waals surface area contributed by atoms with Gasteiger partial charge in [0, 0.05) is 23.2 Å². The van der Waals surface area contributed by atoms with Gasteiger partial charge < -0.3 is 10.6 Å². The number of nitrogens with zero attached hydrogens (tertiary/aromatic N) is 2. The monoisotopic (exact) mass is 348 g/mol. The summed E-state index contributed by atoms with van der Waals surface area (Å²) in [6, 6.07) is 9.15. The zero-order valence-electron chi connectivity index (χ0n) is 14.5. The van der Waals surface area contributed by atoms with Crippen molar-refractivity contribution in [1.29, 1.82) is 0 Å². The molecule has 1 heterocycles. The molecule has 0 saturated heterocycles. The van der Waals surface area contributed by atoms with Crippen LogP contribution < -0.4 is 10.6 Å². The number of hydrogen-bond acceptors (Lipinski definition) is 3. The van der Waals surface area contributed by atoms with Crippen LogP contribution in [-0.4, -0.2) is 32.3 Å². The van der Waals surface area contributed by atoms with E-state index >= 15 is 0 Å². The van der Waals surface area contributed by atoms with E-state index in [2.05, 4.69) is 15.7 Å². The van der Waals surface area contributed by atoms with Crippen LogP contribution in [0.1, 0.15) is 31.3 Å². The smallest absolute Gasteiger partial charge is 0.319 e. The molecule has 7 heteroatoms. The largest absolute Gasteiger partial charge is 0.337 e. The van der Waals surface area contributed by atoms with Gasteiger partial charge in [0.25, 0.3) is 0 Å². The van der Waals surface area contributed by atoms with Crippen LogP contribution >= 0.6 is 0 Å². The highest BCUT2D eigenvalue weighted by molar-refractivity contribution is 7.85. The summed E-state index contributed by atoms with van der Waals surface area (Å²) in [7, 11) is -1.12. The Morgan fingerprint density at radius 3 is 2.50 bits per heavy atom. The van der Waals surface area contributed by atoms with Gasteiger partial charge in [0.1, 0.15) is 0 Å². The Hall–Kier alpha value is -2.15. The molecule has 24 heavy (non-hydrogen) atoms. The number of aromatic nitrogens is 2. The van der Waals surface area contributed by atoms with Gasteiger partial charge in [-0.1, -0.05) is 18.2 Å². The fourth-order valence-electron chi connectivity index (χ4n) is 2.45. The summed E-state index contributed by atoms with van der Waals surface area (Å²) in [5.74, 6) is 0.376. The number of carbonyl (C=O) groups excluding carboxylic acids is 1. The average Bonchev–Trinajstić information content (AvgIpc) is 2.84. The molecule has 2 aromatic rings. The summed E-state index contributed by atoms with van der Waals surface area (Å²) in [4.78, 5) is 12.8. The van der Waals surface area contributed by atoms with Gasteiger partial charge in [-0.2, -0.15) is 5.10 Å². The molecular weight excluding hydrogens is 324 g/mol. The van der Waals surface area contributed by atoms with Crippen molar-refractivity contribution in [3.8, 4) is 0 Å². The molecule has 0 spiro atoms. The molecule has 130 valence electrons. The van der Waals surface area contributed by atoms with Crippen LogP contribution in [0.3, 0.4) is 0 Å². The fraction of sp³-hybridized carbons (Fsp3) is 0.412. The van der Waals surface area contributed by atoms with E-state index < -0.39 is 10.8 Å². The van der Waals surface area contributed by atoms with Gasteiger partial charge in [-0.25, -0.2) is 4.79 Å². The van der Waals surface area contributed by atoms with Crippen molar-refractivity contribution in [2.24, 2.45) is 0 Å². The van der Waals surface area contributed by atoms with E-state index in [0.717, 1.165) is 22.0 Å². The molecule has 0 aliphatic carbocycles. The lowest BCUT2D eigenvalue weighted by Gasteiger charge is -2.10. The molecule has 0 bridgehead atoms. The predicted octanol–water partition coefficient (Wildman–Crippen LogP) is 3.01. The van der Waals surface area contributed by atoms with E-state index in [-0.39, 0.29) is 12.1 Å². The molecule has 2 N–H and O–H groups in total. The second-order valence-electron chi connectivity index (χ2n) is 5.83. The zero-order valence-corrected chi connectivity index (χ0v) is 15.3. The summed E-state index contributed by atoms with van der Waals surface area (Å²) in [6.07, 6.45) is 0. The minimum atomic E-state index is -1.12. The molecule has 0 fully saturated rings. The Balaban J connectivity index is 1.87. The highest BCUT2D eigenvalue weighted by Crippen LogP contribution is 2.22. The summed E-state index contributed by atoms with van der Waals surface area (Å²) >= 11 is 0. The number of nitrogens with one attached hydrogen (secondary N) is 2. The molecule has 2 amide bonds. The van der Waals surface area contributed by atoms with Crippen molar-refractivity contribution in [2.75, 3.05) is 17.6 Å². The summed E-state index contributed by atoms with van der Waals surface area (Å²) in [6.45, 7) is 8.22. The molecule has 0 aliphatic rings. The van der Waals surface area contributed by atoms with Crippen molar-refractivity contribution < 1.29 is 9.00 Å². The Morgan fingerprint density at radius 1 is 1.25 bits per heavy atom. The third kappa shape index (κ3) is 4.44. The van der Waals surface area contributed by atoms with Crippen LogP contribution in [-0.2, 0) is 10.8 Å². The highest BCUT2D eigenvalue weighted by atomic mass is 32.2. The maximum Gasteiger partial charge on any atom is 0.319 e. The number of amides is 2. The third-order valence-corrected chi connectivity index (χ3v) is 5.00. The standard InChI is InChI=1S/C17H24N4O2S/c1-12(2)21-14(4)16(13(3)20-21)19-17(22)18-10-11-24(23)15-8-6-5-7-9-15/h5-9,12H,10-11H2,1-4H3,(H2,18,19,22)/t24-/m1/s1. The lowest BCUT2D eigenvalue weighted by Crippen LogP contribution is -2.32. The lowest BCUT2D eigenvalue weighted by molar-refractivity contribution is 0.252. The van der Waals surface area contributed by atoms with Gasteiger partial charge in [-0.05, 0) is 39.8 Å². The van der Waals surface area contributed by atoms with Crippen LogP contribution in [0.2, 0.25) is 0 Å². The number of hydrogen-bond donors (Lipinski definition) is 2. The Bertz CT molecular complexity index is 726. The van der Waals surface area contributed by atoms with Crippen LogP contribution in [0, 0.1) is 13.8 Å². The minimum absolute atomic E-state index is 0.232. The summed E-state index contributed by atoms with van der Waals surface area (Å²) < 4.78 is 14.0. The summed E-state index contributed by atoms with van der Waals surface area (Å²) in [5.41, 5.74) is 2.43. The van der Waals surface area contributed by atoms with E-state index in [0.29, 0.717) is 12.3 Å². The van der Waals surface area contributed by atoms with E-state index in [1.54, 1.807) is 0 Å². The Morgan fingerprint density at radius 2 is 1.92 bits per heavy atom. The van der Waals surface area contributed by atoms with Gasteiger partial charge in [0.05, 0.1) is 27.9 Å². The van der Waals surface area contributed by atoms with Crippen LogP contribution in [0.25, 0.3) is 0 Å². The van der Waals surface area contributed by atoms with Crippen LogP contribution in [0.4, 0.5) is 10.5 Å². The first-order chi connectivity index (χ1) is 11.4. The lowest BCUT2D eigenvalue weighted by atomic mass is 10.3. The van der Waals surface area contributed by atoms with Gasteiger partial charge in [-0.15, -0.1) is 0 Å². The van der Waals surface area contributed by atoms with E-state index in [4.69, 9.17) is 0 Å². The van der Waals surface area contributed by atoms with Crippen molar-refractivity contribution in [2.45, 2.75) is 38.6 Å². The van der Waals surface area contributed by atoms with E-state index in [9.17, 15) is 9.00 Å². The zero-order chi connectivity index (χ0) is 17.7. The van der Waals surface area contributed by atoms with Crippen LogP contribution in [0.5, 0.6) is 0 Å². The maximum absolute atomic E-state index is 12.1. The normalized spacial score (nSPS) is 12.2. The minimum Gasteiger partial charge on any atom is -0.337 e. The first-order valence-electron chi connectivity index (χ1n) is 7.94. The number of rotatable bonds is 6. The molecule has 6 nitrogen and oxygen atoms in total. The van der Waals surface area contributed by atoms with E-state index in [1.807, 2.05) is 62.7 Å². The molecular formula is C17H24N4O2S. The average molecular weight is 348 g/mol. The quantitative estimate of drug-likeness (QED) is 0.842. The number of aryl methyl sites for hydroxylation is 1. The summed E-state index contributed by atoms with van der Waals surface area (Å²) in [5, 5.41) is 10.0. The maximum atomic E-state index is 12.1. The topological polar surface area (TPSA) is 76.0 Å². The first-order valence-corrected chi connectivity index (χ1v) is 9.26. The molecule has 0 aliphatic heterocycles. The number of anilines is 1. The number of carbonyl (C=O) groups is 1. The van der Waals surface area contributed by atoms with E-state index in [1.165, 1.54) is 0 Å².